The van der Waals surface area contributed by atoms with Gasteiger partial charge in [0.1, 0.15) is 11.3 Å². The zero-order valence-corrected chi connectivity index (χ0v) is 14.5. The highest BCUT2D eigenvalue weighted by Gasteiger charge is 2.06. The number of carbonyl (C=O) groups excluding carboxylic acids is 1. The number of fused-ring (bicyclic) bond motifs is 2. The van der Waals surface area contributed by atoms with Crippen LogP contribution in [0.2, 0.25) is 0 Å². The van der Waals surface area contributed by atoms with Crippen molar-refractivity contribution in [3.8, 4) is 0 Å². The summed E-state index contributed by atoms with van der Waals surface area (Å²) in [5.41, 5.74) is 3.47. The highest BCUT2D eigenvalue weighted by Crippen LogP contribution is 2.20. The third-order valence-electron chi connectivity index (χ3n) is 3.73. The fourth-order valence-electron chi connectivity index (χ4n) is 2.54. The fourth-order valence-corrected chi connectivity index (χ4v) is 2.54. The molecule has 0 aliphatic heterocycles. The first-order chi connectivity index (χ1) is 13.2. The summed E-state index contributed by atoms with van der Waals surface area (Å²) in [7, 11) is 0. The topological polar surface area (TPSA) is 118 Å². The van der Waals surface area contributed by atoms with E-state index < -0.39 is 0 Å². The van der Waals surface area contributed by atoms with Crippen molar-refractivity contribution in [2.24, 2.45) is 0 Å². The lowest BCUT2D eigenvalue weighted by Gasteiger charge is -2.08. The molecule has 0 unspecified atom stereocenters. The van der Waals surface area contributed by atoms with Gasteiger partial charge in [-0.2, -0.15) is 0 Å². The quantitative estimate of drug-likeness (QED) is 0.512. The average molecular weight is 360 g/mol. The molecular weight excluding hydrogens is 344 g/mol. The number of nitrogens with one attached hydrogen (secondary N) is 3. The van der Waals surface area contributed by atoms with Crippen molar-refractivity contribution in [1.29, 1.82) is 0 Å². The van der Waals surface area contributed by atoms with Gasteiger partial charge in [-0.1, -0.05) is 0 Å². The molecule has 0 aliphatic rings. The van der Waals surface area contributed by atoms with Crippen LogP contribution in [-0.2, 0) is 0 Å². The minimum atomic E-state index is -0.316. The number of pyridine rings is 1. The Morgan fingerprint density at radius 2 is 1.70 bits per heavy atom. The number of amides is 2. The lowest BCUT2D eigenvalue weighted by molar-refractivity contribution is 0.252. The molecule has 9 nitrogen and oxygen atoms in total. The molecule has 3 N–H and O–H groups in total. The molecule has 0 saturated carbocycles. The number of hydrogen-bond donors (Lipinski definition) is 3. The summed E-state index contributed by atoms with van der Waals surface area (Å²) in [6.07, 6.45) is 4.93. The van der Waals surface area contributed by atoms with Crippen molar-refractivity contribution in [3.05, 3.63) is 48.9 Å². The van der Waals surface area contributed by atoms with Gasteiger partial charge in [-0.15, -0.1) is 0 Å². The molecule has 3 heterocycles. The Balaban J connectivity index is 1.60. The minimum Gasteiger partial charge on any atom is -0.339 e. The predicted molar refractivity (Wildman–Crippen MR) is 103 cm³/mol. The molecule has 0 aliphatic carbocycles. The first-order valence-electron chi connectivity index (χ1n) is 8.38. The number of nitrogens with zero attached hydrogens (tertiary/aromatic N) is 5. The normalized spacial score (nSPS) is 10.7. The van der Waals surface area contributed by atoms with Gasteiger partial charge in [0.25, 0.3) is 0 Å². The van der Waals surface area contributed by atoms with E-state index in [1.54, 1.807) is 30.7 Å². The van der Waals surface area contributed by atoms with Crippen LogP contribution in [0.1, 0.15) is 6.92 Å². The third-order valence-corrected chi connectivity index (χ3v) is 3.73. The van der Waals surface area contributed by atoms with Crippen molar-refractivity contribution >= 4 is 45.6 Å². The highest BCUT2D eigenvalue weighted by atomic mass is 16.2. The first-order valence-corrected chi connectivity index (χ1v) is 8.38. The summed E-state index contributed by atoms with van der Waals surface area (Å²) in [6, 6.07) is 8.78. The average Bonchev–Trinajstić information content (AvgIpc) is 2.68. The smallest absolute Gasteiger partial charge is 0.320 e. The number of hydrogen-bond acceptors (Lipinski definition) is 7. The first kappa shape index (κ1) is 16.6. The molecular formula is C18H16N8O. The minimum absolute atomic E-state index is 0.316. The molecule has 3 aromatic heterocycles. The summed E-state index contributed by atoms with van der Waals surface area (Å²) >= 11 is 0. The number of benzene rings is 1. The van der Waals surface area contributed by atoms with Crippen LogP contribution in [0, 0.1) is 0 Å². The van der Waals surface area contributed by atoms with Gasteiger partial charge in [-0.3, -0.25) is 15.3 Å². The Morgan fingerprint density at radius 1 is 0.926 bits per heavy atom. The molecule has 27 heavy (non-hydrogen) atoms. The van der Waals surface area contributed by atoms with E-state index >= 15 is 0 Å². The van der Waals surface area contributed by atoms with E-state index in [9.17, 15) is 4.79 Å². The summed E-state index contributed by atoms with van der Waals surface area (Å²) in [5, 5.41) is 8.50. The van der Waals surface area contributed by atoms with Gasteiger partial charge in [-0.05, 0) is 37.3 Å². The van der Waals surface area contributed by atoms with Crippen LogP contribution in [0.3, 0.4) is 0 Å². The Kier molecular flexibility index (Phi) is 4.40. The molecule has 0 atom stereocenters. The highest BCUT2D eigenvalue weighted by molar-refractivity contribution is 5.89. The Labute approximate surface area is 154 Å². The maximum Gasteiger partial charge on any atom is 0.320 e. The Bertz CT molecular complexity index is 1130. The summed E-state index contributed by atoms with van der Waals surface area (Å²) in [5.74, 6) is 0.939. The number of rotatable bonds is 4. The number of carbonyl (C=O) groups is 1. The van der Waals surface area contributed by atoms with Crippen molar-refractivity contribution < 1.29 is 4.79 Å². The SMILES string of the molecule is CCNC(=O)Nc1ccc2ncc(Nc3ccc4nccnc4c3)nc2n1. The fraction of sp³-hybridized carbons (Fsp3) is 0.111. The molecule has 9 heteroatoms. The third kappa shape index (κ3) is 3.71. The predicted octanol–water partition coefficient (Wildman–Crippen LogP) is 2.85. The van der Waals surface area contributed by atoms with Gasteiger partial charge in [0.05, 0.1) is 17.2 Å². The van der Waals surface area contributed by atoms with Gasteiger partial charge in [0, 0.05) is 24.6 Å². The molecule has 2 amide bonds. The standard InChI is InChI=1S/C18H16N8O/c1-2-19-18(27)26-15-6-5-13-17(24-15)25-16(10-22-13)23-11-3-4-12-14(9-11)21-8-7-20-12/h3-10H,2H2,1H3,(H3,19,23,24,25,26,27). The van der Waals surface area contributed by atoms with Crippen molar-refractivity contribution in [2.45, 2.75) is 6.92 Å². The second-order valence-corrected chi connectivity index (χ2v) is 5.66. The lowest BCUT2D eigenvalue weighted by atomic mass is 10.2. The van der Waals surface area contributed by atoms with E-state index in [0.29, 0.717) is 29.3 Å². The lowest BCUT2D eigenvalue weighted by Crippen LogP contribution is -2.28. The zero-order chi connectivity index (χ0) is 18.6. The van der Waals surface area contributed by atoms with Crippen LogP contribution in [0.15, 0.2) is 48.9 Å². The number of urea groups is 1. The molecule has 4 rings (SSSR count). The van der Waals surface area contributed by atoms with Gasteiger partial charge in [0.2, 0.25) is 0 Å². The molecule has 4 aromatic rings. The molecule has 134 valence electrons. The Hall–Kier alpha value is -3.88. The van der Waals surface area contributed by atoms with Gasteiger partial charge in [-0.25, -0.2) is 19.7 Å². The summed E-state index contributed by atoms with van der Waals surface area (Å²) in [4.78, 5) is 33.3. The molecule has 0 spiro atoms. The van der Waals surface area contributed by atoms with Crippen LogP contribution < -0.4 is 16.0 Å². The second-order valence-electron chi connectivity index (χ2n) is 5.66. The van der Waals surface area contributed by atoms with E-state index in [4.69, 9.17) is 0 Å². The van der Waals surface area contributed by atoms with Gasteiger partial charge >= 0.3 is 6.03 Å². The van der Waals surface area contributed by atoms with Crippen molar-refractivity contribution in [3.63, 3.8) is 0 Å². The van der Waals surface area contributed by atoms with Crippen LogP contribution >= 0.6 is 0 Å². The zero-order valence-electron chi connectivity index (χ0n) is 14.5. The summed E-state index contributed by atoms with van der Waals surface area (Å²) < 4.78 is 0. The maximum atomic E-state index is 11.6. The van der Waals surface area contributed by atoms with E-state index in [0.717, 1.165) is 16.7 Å². The van der Waals surface area contributed by atoms with Crippen molar-refractivity contribution in [2.75, 3.05) is 17.2 Å². The van der Waals surface area contributed by atoms with Crippen molar-refractivity contribution in [1.82, 2.24) is 30.2 Å². The number of aromatic nitrogens is 5. The van der Waals surface area contributed by atoms with E-state index in [1.807, 2.05) is 25.1 Å². The maximum absolute atomic E-state index is 11.6. The molecule has 1 aromatic carbocycles. The van der Waals surface area contributed by atoms with E-state index in [1.165, 1.54) is 0 Å². The Morgan fingerprint density at radius 3 is 2.56 bits per heavy atom. The molecule has 0 radical (unpaired) electrons. The van der Waals surface area contributed by atoms with Crippen LogP contribution in [0.25, 0.3) is 22.2 Å². The largest absolute Gasteiger partial charge is 0.339 e. The van der Waals surface area contributed by atoms with Crippen LogP contribution in [-0.4, -0.2) is 37.5 Å². The van der Waals surface area contributed by atoms with E-state index in [2.05, 4.69) is 40.9 Å². The molecule has 0 saturated heterocycles. The second kappa shape index (κ2) is 7.16. The van der Waals surface area contributed by atoms with Gasteiger partial charge < -0.3 is 10.6 Å². The van der Waals surface area contributed by atoms with E-state index in [-0.39, 0.29) is 6.03 Å². The monoisotopic (exact) mass is 360 g/mol. The molecule has 0 fully saturated rings. The molecule has 0 bridgehead atoms. The van der Waals surface area contributed by atoms with Crippen LogP contribution in [0.5, 0.6) is 0 Å². The van der Waals surface area contributed by atoms with Gasteiger partial charge in [0.15, 0.2) is 11.5 Å². The summed E-state index contributed by atoms with van der Waals surface area (Å²) in [6.45, 7) is 2.37. The number of anilines is 3. The van der Waals surface area contributed by atoms with Crippen LogP contribution in [0.4, 0.5) is 22.1 Å².